The molecule has 0 nitrogen and oxygen atoms in total. The monoisotopic (exact) mass is 289 g/mol. The highest BCUT2D eigenvalue weighted by atomic mass is 32.2. The van der Waals surface area contributed by atoms with Gasteiger partial charge in [0.25, 0.3) is 0 Å². The Labute approximate surface area is 122 Å². The third kappa shape index (κ3) is 4.79. The molecule has 1 aromatic carbocycles. The molecule has 1 aliphatic rings. The first-order valence-corrected chi connectivity index (χ1v) is 8.01. The van der Waals surface area contributed by atoms with Crippen LogP contribution in [0.5, 0.6) is 0 Å². The number of thioether (sulfide) groups is 2. The van der Waals surface area contributed by atoms with E-state index in [4.69, 9.17) is 12.2 Å². The quantitative estimate of drug-likeness (QED) is 0.577. The third-order valence-corrected chi connectivity index (χ3v) is 5.18. The molecule has 0 saturated carbocycles. The summed E-state index contributed by atoms with van der Waals surface area (Å²) in [6.45, 7) is 0. The van der Waals surface area contributed by atoms with Crippen molar-refractivity contribution in [2.75, 3.05) is 5.75 Å². The average molecular weight is 289 g/mol. The molecule has 0 fully saturated rings. The van der Waals surface area contributed by atoms with Crippen molar-refractivity contribution < 1.29 is 0 Å². The van der Waals surface area contributed by atoms with Crippen LogP contribution in [-0.4, -0.2) is 9.28 Å². The van der Waals surface area contributed by atoms with E-state index in [1.807, 2.05) is 18.2 Å². The molecule has 0 radical (unpaired) electrons. The van der Waals surface area contributed by atoms with Crippen LogP contribution in [0.25, 0.3) is 0 Å². The molecule has 0 bridgehead atoms. The summed E-state index contributed by atoms with van der Waals surface area (Å²) in [5.74, 6) is 1.89. The summed E-state index contributed by atoms with van der Waals surface area (Å²) in [7, 11) is 0. The molecule has 0 unspecified atom stereocenters. The maximum Gasteiger partial charge on any atom is 0.104 e. The van der Waals surface area contributed by atoms with Gasteiger partial charge in [-0.3, -0.25) is 0 Å². The lowest BCUT2D eigenvalue weighted by Crippen LogP contribution is -1.90. The van der Waals surface area contributed by atoms with Gasteiger partial charge in [0, 0.05) is 17.6 Å². The lowest BCUT2D eigenvalue weighted by Gasteiger charge is -2.03. The van der Waals surface area contributed by atoms with Crippen molar-refractivity contribution in [2.45, 2.75) is 5.75 Å². The molecule has 0 saturated heterocycles. The van der Waals surface area contributed by atoms with Gasteiger partial charge in [0.05, 0.1) is 17.7 Å². The van der Waals surface area contributed by atoms with Crippen molar-refractivity contribution in [3.05, 3.63) is 71.8 Å². The first-order valence-electron chi connectivity index (χ1n) is 5.63. The fourth-order valence-corrected chi connectivity index (χ4v) is 3.41. The van der Waals surface area contributed by atoms with Crippen molar-refractivity contribution in [3.8, 4) is 0 Å². The molecule has 1 aromatic rings. The number of hydrogen-bond acceptors (Lipinski definition) is 3. The fraction of sp³-hybridized carbons (Fsp3) is 0.133. The molecular weight excluding hydrogens is 276 g/mol. The zero-order valence-electron chi connectivity index (χ0n) is 9.84. The van der Waals surface area contributed by atoms with Gasteiger partial charge in [0.1, 0.15) is 15.7 Å². The highest BCUT2D eigenvalue weighted by Crippen LogP contribution is 2.24. The predicted molar refractivity (Wildman–Crippen MR) is 87.8 cm³/mol. The first kappa shape index (κ1) is 13.6. The van der Waals surface area contributed by atoms with Crippen LogP contribution >= 0.6 is 35.7 Å². The molecule has 18 heavy (non-hydrogen) atoms. The first-order chi connectivity index (χ1) is 8.84. The van der Waals surface area contributed by atoms with E-state index in [2.05, 4.69) is 42.5 Å². The molecule has 0 aliphatic heterocycles. The van der Waals surface area contributed by atoms with Gasteiger partial charge in [0.2, 0.25) is 0 Å². The van der Waals surface area contributed by atoms with E-state index in [1.54, 1.807) is 23.5 Å². The lowest BCUT2D eigenvalue weighted by atomic mass is 10.2. The average Bonchev–Trinajstić information content (AvgIpc) is 2.45. The second-order valence-corrected chi connectivity index (χ2v) is 6.88. The van der Waals surface area contributed by atoms with Crippen LogP contribution in [0, 0.1) is 6.08 Å². The highest BCUT2D eigenvalue weighted by Gasteiger charge is 2.06. The van der Waals surface area contributed by atoms with Crippen LogP contribution in [0.15, 0.2) is 60.2 Å². The van der Waals surface area contributed by atoms with Gasteiger partial charge >= 0.3 is 0 Å². The van der Waals surface area contributed by atoms with Crippen molar-refractivity contribution in [3.63, 3.8) is 0 Å². The van der Waals surface area contributed by atoms with E-state index < -0.39 is 0 Å². The Balaban J connectivity index is 1.71. The molecule has 1 aliphatic carbocycles. The zero-order chi connectivity index (χ0) is 12.6. The van der Waals surface area contributed by atoms with Crippen molar-refractivity contribution in [1.29, 1.82) is 0 Å². The molecule has 2 rings (SSSR count). The summed E-state index contributed by atoms with van der Waals surface area (Å²) in [6.07, 6.45) is 11.1. The number of thiocarbonyl (C=S) groups is 1. The summed E-state index contributed by atoms with van der Waals surface area (Å²) in [5.41, 5.74) is 2.61. The molecule has 90 valence electrons. The maximum absolute atomic E-state index is 5.37. The summed E-state index contributed by atoms with van der Waals surface area (Å²) in [4.78, 5) is 0. The van der Waals surface area contributed by atoms with Gasteiger partial charge in [0.15, 0.2) is 0 Å². The summed E-state index contributed by atoms with van der Waals surface area (Å²) >= 11 is 8.84. The molecule has 0 N–H and O–H groups in total. The van der Waals surface area contributed by atoms with Crippen LogP contribution < -0.4 is 0 Å². The molecular formula is C15H13S3+. The topological polar surface area (TPSA) is 0 Å². The Morgan fingerprint density at radius 3 is 2.61 bits per heavy atom. The second kappa shape index (κ2) is 7.55. The smallest absolute Gasteiger partial charge is 0.103 e. The van der Waals surface area contributed by atoms with E-state index in [-0.39, 0.29) is 0 Å². The SMILES string of the molecule is S=C(SCC1=CC=[C+]C=C1)SCc1ccccc1. The summed E-state index contributed by atoms with van der Waals surface area (Å²) in [6, 6.07) is 10.4. The summed E-state index contributed by atoms with van der Waals surface area (Å²) in [5, 5.41) is 0. The van der Waals surface area contributed by atoms with Crippen LogP contribution in [0.2, 0.25) is 0 Å². The fourth-order valence-electron chi connectivity index (χ4n) is 1.42. The zero-order valence-corrected chi connectivity index (χ0v) is 12.3. The Morgan fingerprint density at radius 1 is 1.11 bits per heavy atom. The number of allylic oxidation sites excluding steroid dienone is 5. The Bertz CT molecular complexity index is 484. The molecule has 0 amide bonds. The maximum atomic E-state index is 5.37. The van der Waals surface area contributed by atoms with Gasteiger partial charge in [-0.1, -0.05) is 42.5 Å². The van der Waals surface area contributed by atoms with Crippen LogP contribution in [0.3, 0.4) is 0 Å². The van der Waals surface area contributed by atoms with Gasteiger partial charge in [-0.15, -0.1) is 23.5 Å². The van der Waals surface area contributed by atoms with Gasteiger partial charge in [-0.25, -0.2) is 0 Å². The highest BCUT2D eigenvalue weighted by molar-refractivity contribution is 8.47. The van der Waals surface area contributed by atoms with Crippen molar-refractivity contribution >= 4 is 39.3 Å². The van der Waals surface area contributed by atoms with Gasteiger partial charge in [-0.2, -0.15) is 0 Å². The van der Waals surface area contributed by atoms with Crippen LogP contribution in [-0.2, 0) is 5.75 Å². The van der Waals surface area contributed by atoms with Gasteiger partial charge < -0.3 is 0 Å². The van der Waals surface area contributed by atoms with Crippen molar-refractivity contribution in [1.82, 2.24) is 0 Å². The summed E-state index contributed by atoms with van der Waals surface area (Å²) < 4.78 is 1.01. The van der Waals surface area contributed by atoms with Crippen LogP contribution in [0.1, 0.15) is 5.56 Å². The minimum Gasteiger partial charge on any atom is -0.103 e. The second-order valence-electron chi connectivity index (χ2n) is 3.72. The van der Waals surface area contributed by atoms with E-state index in [0.29, 0.717) is 0 Å². The number of hydrogen-bond donors (Lipinski definition) is 0. The molecule has 0 heterocycles. The van der Waals surface area contributed by atoms with Crippen molar-refractivity contribution in [2.24, 2.45) is 0 Å². The van der Waals surface area contributed by atoms with E-state index in [9.17, 15) is 0 Å². The van der Waals surface area contributed by atoms with E-state index in [0.717, 1.165) is 15.0 Å². The van der Waals surface area contributed by atoms with E-state index in [1.165, 1.54) is 11.1 Å². The Kier molecular flexibility index (Phi) is 5.69. The predicted octanol–water partition coefficient (Wildman–Crippen LogP) is 4.79. The standard InChI is InChI=1S/C15H13S3/c16-15(17-11-13-7-3-1-4-8-13)18-12-14-9-5-2-6-10-14/h1,3-10H,11-12H2/q+1. The van der Waals surface area contributed by atoms with Gasteiger partial charge in [-0.05, 0) is 5.56 Å². The molecule has 3 heteroatoms. The largest absolute Gasteiger partial charge is 0.104 e. The van der Waals surface area contributed by atoms with E-state index >= 15 is 0 Å². The normalized spacial score (nSPS) is 13.0. The molecule has 0 aromatic heterocycles. The lowest BCUT2D eigenvalue weighted by molar-refractivity contribution is 1.43. The minimum absolute atomic E-state index is 0.940. The Morgan fingerprint density at radius 2 is 1.89 bits per heavy atom. The minimum atomic E-state index is 0.940. The molecule has 0 spiro atoms. The Hall–Kier alpha value is -0.860. The number of rotatable bonds is 4. The third-order valence-electron chi connectivity index (χ3n) is 2.34. The molecule has 0 atom stereocenters. The van der Waals surface area contributed by atoms with Crippen LogP contribution in [0.4, 0.5) is 0 Å². The number of benzene rings is 1.